The number of hydrogen-bond donors (Lipinski definition) is 0. The second-order valence-electron chi connectivity index (χ2n) is 6.75. The van der Waals surface area contributed by atoms with E-state index in [4.69, 9.17) is 4.42 Å². The van der Waals surface area contributed by atoms with Crippen LogP contribution in [0.15, 0.2) is 51.8 Å². The van der Waals surface area contributed by atoms with Crippen LogP contribution in [0.5, 0.6) is 0 Å². The molecule has 0 fully saturated rings. The zero-order valence-corrected chi connectivity index (χ0v) is 18.1. The molecule has 1 aliphatic rings. The van der Waals surface area contributed by atoms with Crippen molar-refractivity contribution in [1.82, 2.24) is 0 Å². The van der Waals surface area contributed by atoms with Crippen LogP contribution in [0, 0.1) is 11.8 Å². The van der Waals surface area contributed by atoms with Gasteiger partial charge in [-0.1, -0.05) is 11.8 Å². The molecule has 0 saturated heterocycles. The van der Waals surface area contributed by atoms with Crippen LogP contribution >= 0.6 is 0 Å². The van der Waals surface area contributed by atoms with Crippen LogP contribution < -0.4 is 27.2 Å². The van der Waals surface area contributed by atoms with E-state index in [-0.39, 0.29) is 28.5 Å². The molecule has 1 aromatic carbocycles. The van der Waals surface area contributed by atoms with Crippen LogP contribution in [0.25, 0.3) is 23.1 Å². The molecule has 0 unspecified atom stereocenters. The Bertz CT molecular complexity index is 1340. The molecular formula is C22H18BrNO4S. The predicted molar refractivity (Wildman–Crippen MR) is 108 cm³/mol. The van der Waals surface area contributed by atoms with Gasteiger partial charge in [0.2, 0.25) is 5.69 Å². The lowest BCUT2D eigenvalue weighted by atomic mass is 10.0. The van der Waals surface area contributed by atoms with Crippen LogP contribution in [0.3, 0.4) is 0 Å². The molecule has 29 heavy (non-hydrogen) atoms. The number of rotatable bonds is 2. The summed E-state index contributed by atoms with van der Waals surface area (Å²) in [5.41, 5.74) is 2.52. The average Bonchev–Trinajstić information content (AvgIpc) is 2.64. The van der Waals surface area contributed by atoms with E-state index in [9.17, 15) is 13.2 Å². The first kappa shape index (κ1) is 21.0. The lowest BCUT2D eigenvalue weighted by Gasteiger charge is -2.10. The monoisotopic (exact) mass is 471 g/mol. The summed E-state index contributed by atoms with van der Waals surface area (Å²) in [6.45, 7) is 0. The average molecular weight is 472 g/mol. The van der Waals surface area contributed by atoms with Gasteiger partial charge in [-0.2, -0.15) is 0 Å². The van der Waals surface area contributed by atoms with E-state index in [1.807, 2.05) is 42.1 Å². The van der Waals surface area contributed by atoms with Gasteiger partial charge in [0.15, 0.2) is 16.0 Å². The summed E-state index contributed by atoms with van der Waals surface area (Å²) in [6, 6.07) is 10.9. The van der Waals surface area contributed by atoms with Crippen molar-refractivity contribution in [2.45, 2.75) is 12.2 Å². The molecular weight excluding hydrogens is 454 g/mol. The minimum Gasteiger partial charge on any atom is -1.00 e. The Morgan fingerprint density at radius 1 is 1.17 bits per heavy atom. The Hall–Kier alpha value is -2.69. The molecule has 7 heteroatoms. The fourth-order valence-corrected chi connectivity index (χ4v) is 4.41. The van der Waals surface area contributed by atoms with Crippen LogP contribution in [0.1, 0.15) is 28.8 Å². The van der Waals surface area contributed by atoms with Crippen molar-refractivity contribution in [3.05, 3.63) is 75.4 Å². The second kappa shape index (κ2) is 8.36. The van der Waals surface area contributed by atoms with Gasteiger partial charge in [-0.25, -0.2) is 17.8 Å². The number of benzene rings is 1. The lowest BCUT2D eigenvalue weighted by molar-refractivity contribution is -0.673. The Morgan fingerprint density at radius 3 is 2.79 bits per heavy atom. The minimum absolute atomic E-state index is 0. The predicted octanol–water partition coefficient (Wildman–Crippen LogP) is -0.538. The van der Waals surface area contributed by atoms with Crippen molar-refractivity contribution < 1.29 is 34.4 Å². The van der Waals surface area contributed by atoms with E-state index >= 15 is 0 Å². The normalized spacial score (nSPS) is 14.9. The summed E-state index contributed by atoms with van der Waals surface area (Å²) in [5, 5.41) is 0.674. The van der Waals surface area contributed by atoms with Crippen LogP contribution in [0.2, 0.25) is 0 Å². The number of sulfone groups is 1. The third-order valence-corrected chi connectivity index (χ3v) is 6.23. The quantitative estimate of drug-likeness (QED) is 0.286. The molecule has 2 aromatic heterocycles. The van der Waals surface area contributed by atoms with Crippen LogP contribution in [0.4, 0.5) is 0 Å². The molecule has 0 saturated carbocycles. The number of aryl methyl sites for hydroxylation is 1. The fourth-order valence-electron chi connectivity index (χ4n) is 3.14. The van der Waals surface area contributed by atoms with Crippen LogP contribution in [-0.4, -0.2) is 14.2 Å². The van der Waals surface area contributed by atoms with Gasteiger partial charge in [0.1, 0.15) is 12.6 Å². The van der Waals surface area contributed by atoms with E-state index in [2.05, 4.69) is 11.8 Å². The molecule has 1 aliphatic heterocycles. The molecule has 3 heterocycles. The highest BCUT2D eigenvalue weighted by Gasteiger charge is 2.17. The standard InChI is InChI=1S/C22H18NO4S.BrH/c1-23-10-4-2-7-20(23)9-8-17-12-18-13-19-15-28(25,26)11-5-3-6-16(19)14-21(18)27-22(17)24;/h2,4,7-10,12-14H,5,11,15H2,1H3;1H/q+1;/p-1/b9-8+;. The maximum absolute atomic E-state index is 12.4. The molecule has 148 valence electrons. The number of aromatic nitrogens is 1. The Morgan fingerprint density at radius 2 is 2.00 bits per heavy atom. The molecule has 3 aromatic rings. The van der Waals surface area contributed by atoms with Gasteiger partial charge < -0.3 is 21.4 Å². The van der Waals surface area contributed by atoms with Crippen molar-refractivity contribution in [2.75, 3.05) is 5.75 Å². The molecule has 5 nitrogen and oxygen atoms in total. The Balaban J connectivity index is 0.00000240. The van der Waals surface area contributed by atoms with Gasteiger partial charge >= 0.3 is 5.63 Å². The summed E-state index contributed by atoms with van der Waals surface area (Å²) in [7, 11) is -1.29. The van der Waals surface area contributed by atoms with Crippen molar-refractivity contribution in [3.8, 4) is 11.8 Å². The smallest absolute Gasteiger partial charge is 0.343 e. The topological polar surface area (TPSA) is 68.2 Å². The molecule has 4 rings (SSSR count). The van der Waals surface area contributed by atoms with Crippen molar-refractivity contribution in [1.29, 1.82) is 0 Å². The van der Waals surface area contributed by atoms with Crippen molar-refractivity contribution >= 4 is 33.0 Å². The molecule has 0 aliphatic carbocycles. The van der Waals surface area contributed by atoms with Crippen molar-refractivity contribution in [3.63, 3.8) is 0 Å². The van der Waals surface area contributed by atoms with Gasteiger partial charge in [0.05, 0.1) is 17.1 Å². The first-order valence-electron chi connectivity index (χ1n) is 8.84. The molecule has 0 atom stereocenters. The lowest BCUT2D eigenvalue weighted by Crippen LogP contribution is -3.00. The van der Waals surface area contributed by atoms with E-state index in [0.29, 0.717) is 34.1 Å². The third-order valence-electron chi connectivity index (χ3n) is 4.65. The maximum atomic E-state index is 12.4. The molecule has 0 bridgehead atoms. The van der Waals surface area contributed by atoms with Gasteiger partial charge in [0, 0.05) is 35.6 Å². The number of nitrogens with zero attached hydrogens (tertiary/aromatic N) is 1. The zero-order valence-electron chi connectivity index (χ0n) is 15.7. The van der Waals surface area contributed by atoms with Gasteiger partial charge in [-0.05, 0) is 35.9 Å². The highest BCUT2D eigenvalue weighted by Crippen LogP contribution is 2.23. The SMILES string of the molecule is C[n+]1ccccc1/C=C/c1cc2cc3c(cc2oc1=O)C#CCCS(=O)(=O)C3.[Br-]. The number of fused-ring (bicyclic) bond motifs is 2. The zero-order chi connectivity index (χ0) is 19.7. The molecule has 0 spiro atoms. The molecule has 0 amide bonds. The third kappa shape index (κ3) is 4.66. The summed E-state index contributed by atoms with van der Waals surface area (Å²) in [4.78, 5) is 12.4. The maximum Gasteiger partial charge on any atom is 0.343 e. The van der Waals surface area contributed by atoms with Gasteiger partial charge in [0.25, 0.3) is 0 Å². The van der Waals surface area contributed by atoms with E-state index in [1.54, 1.807) is 24.3 Å². The summed E-state index contributed by atoms with van der Waals surface area (Å²) >= 11 is 0. The van der Waals surface area contributed by atoms with Crippen molar-refractivity contribution in [2.24, 2.45) is 7.05 Å². The molecule has 0 N–H and O–H groups in total. The van der Waals surface area contributed by atoms with Crippen LogP contribution in [-0.2, 0) is 22.6 Å². The van der Waals surface area contributed by atoms with E-state index < -0.39 is 15.5 Å². The van der Waals surface area contributed by atoms with Gasteiger partial charge in [-0.3, -0.25) is 0 Å². The second-order valence-corrected chi connectivity index (χ2v) is 8.93. The number of halogens is 1. The highest BCUT2D eigenvalue weighted by atomic mass is 79.9. The minimum atomic E-state index is -3.21. The van der Waals surface area contributed by atoms with E-state index in [0.717, 1.165) is 5.69 Å². The first-order valence-corrected chi connectivity index (χ1v) is 10.7. The summed E-state index contributed by atoms with van der Waals surface area (Å²) in [5.74, 6) is 5.86. The fraction of sp³-hybridized carbons (Fsp3) is 0.182. The summed E-state index contributed by atoms with van der Waals surface area (Å²) in [6.07, 6.45) is 5.77. The largest absolute Gasteiger partial charge is 1.00 e. The van der Waals surface area contributed by atoms with E-state index in [1.165, 1.54) is 0 Å². The highest BCUT2D eigenvalue weighted by molar-refractivity contribution is 7.90. The number of hydrogen-bond acceptors (Lipinski definition) is 4. The summed E-state index contributed by atoms with van der Waals surface area (Å²) < 4.78 is 31.8. The molecule has 0 radical (unpaired) electrons. The van der Waals surface area contributed by atoms with Gasteiger partial charge in [-0.15, -0.1) is 0 Å². The Labute approximate surface area is 179 Å². The Kier molecular flexibility index (Phi) is 6.06. The number of pyridine rings is 1. The first-order chi connectivity index (χ1) is 13.4.